The summed E-state index contributed by atoms with van der Waals surface area (Å²) < 4.78 is 2.48. The summed E-state index contributed by atoms with van der Waals surface area (Å²) in [5.74, 6) is 0.812. The number of aromatic nitrogens is 2. The summed E-state index contributed by atoms with van der Waals surface area (Å²) in [6.07, 6.45) is 1.38. The molecule has 0 aliphatic carbocycles. The molecule has 1 aromatic heterocycles. The molecular weight excluding hydrogens is 440 g/mol. The number of aryl methyl sites for hydroxylation is 1. The maximum atomic E-state index is 12.5. The van der Waals surface area contributed by atoms with Crippen LogP contribution in [0.4, 0.5) is 0 Å². The van der Waals surface area contributed by atoms with Gasteiger partial charge in [-0.2, -0.15) is 5.10 Å². The fourth-order valence-corrected chi connectivity index (χ4v) is 3.56. The van der Waals surface area contributed by atoms with Crippen molar-refractivity contribution in [1.82, 2.24) is 15.2 Å². The van der Waals surface area contributed by atoms with Crippen LogP contribution in [0.5, 0.6) is 0 Å². The molecule has 6 nitrogen and oxygen atoms in total. The Hall–Kier alpha value is -2.58. The molecule has 0 fully saturated rings. The molecule has 1 amide bonds. The number of amides is 1. The molecule has 0 spiro atoms. The van der Waals surface area contributed by atoms with Gasteiger partial charge in [-0.05, 0) is 36.8 Å². The number of carbonyl (C=O) groups is 1. The lowest BCUT2D eigenvalue weighted by Gasteiger charge is -2.01. The minimum atomic E-state index is -0.216. The Morgan fingerprint density at radius 3 is 2.64 bits per heavy atom. The Labute approximate surface area is 175 Å². The molecular formula is C20H19BrN4O2S. The Morgan fingerprint density at radius 1 is 1.21 bits per heavy atom. The van der Waals surface area contributed by atoms with E-state index in [4.69, 9.17) is 0 Å². The first kappa shape index (κ1) is 20.2. The summed E-state index contributed by atoms with van der Waals surface area (Å²) in [5, 5.41) is 6.95. The van der Waals surface area contributed by atoms with Gasteiger partial charge in [0.25, 0.3) is 5.56 Å². The van der Waals surface area contributed by atoms with Crippen LogP contribution in [0.15, 0.2) is 69.0 Å². The number of hydrogen-bond donors (Lipinski definition) is 2. The number of benzene rings is 2. The second kappa shape index (κ2) is 9.57. The number of hydrogen-bond acceptors (Lipinski definition) is 4. The molecule has 3 aromatic rings. The van der Waals surface area contributed by atoms with E-state index in [0.717, 1.165) is 21.5 Å². The van der Waals surface area contributed by atoms with Gasteiger partial charge in [-0.3, -0.25) is 14.7 Å². The Balaban J connectivity index is 1.54. The van der Waals surface area contributed by atoms with Crippen LogP contribution in [0.25, 0.3) is 5.69 Å². The maximum Gasteiger partial charge on any atom is 0.280 e. The van der Waals surface area contributed by atoms with E-state index in [1.807, 2.05) is 54.6 Å². The molecule has 0 saturated heterocycles. The van der Waals surface area contributed by atoms with E-state index in [1.54, 1.807) is 6.92 Å². The van der Waals surface area contributed by atoms with E-state index < -0.39 is 0 Å². The number of H-pyrrole nitrogens is 1. The van der Waals surface area contributed by atoms with Crippen LogP contribution in [0, 0.1) is 6.92 Å². The van der Waals surface area contributed by atoms with E-state index in [0.29, 0.717) is 11.3 Å². The van der Waals surface area contributed by atoms with Crippen LogP contribution < -0.4 is 11.0 Å². The van der Waals surface area contributed by atoms with Crippen LogP contribution in [-0.2, 0) is 10.5 Å². The lowest BCUT2D eigenvalue weighted by molar-refractivity contribution is -0.118. The number of carbonyl (C=O) groups excluding carboxylic acids is 1. The molecule has 0 radical (unpaired) electrons. The molecule has 0 aliphatic heterocycles. The lowest BCUT2D eigenvalue weighted by Crippen LogP contribution is -2.21. The maximum absolute atomic E-state index is 12.5. The predicted molar refractivity (Wildman–Crippen MR) is 117 cm³/mol. The van der Waals surface area contributed by atoms with Gasteiger partial charge in [-0.1, -0.05) is 46.3 Å². The average Bonchev–Trinajstić information content (AvgIpc) is 2.98. The van der Waals surface area contributed by atoms with Gasteiger partial charge >= 0.3 is 0 Å². The number of nitrogens with one attached hydrogen (secondary N) is 2. The van der Waals surface area contributed by atoms with Crippen LogP contribution >= 0.6 is 27.7 Å². The van der Waals surface area contributed by atoms with Gasteiger partial charge in [0, 0.05) is 15.9 Å². The number of halogens is 1. The van der Waals surface area contributed by atoms with Crippen LogP contribution in [0.1, 0.15) is 16.8 Å². The zero-order valence-corrected chi connectivity index (χ0v) is 17.6. The second-order valence-corrected chi connectivity index (χ2v) is 7.94. The number of thioether (sulfide) groups is 1. The minimum Gasteiger partial charge on any atom is -0.295 e. The van der Waals surface area contributed by atoms with Crippen LogP contribution in [0.2, 0.25) is 0 Å². The highest BCUT2D eigenvalue weighted by Crippen LogP contribution is 2.15. The van der Waals surface area contributed by atoms with Crippen molar-refractivity contribution in [3.8, 4) is 5.69 Å². The van der Waals surface area contributed by atoms with Crippen molar-refractivity contribution in [2.45, 2.75) is 12.7 Å². The quantitative estimate of drug-likeness (QED) is 0.419. The Morgan fingerprint density at radius 2 is 1.93 bits per heavy atom. The summed E-state index contributed by atoms with van der Waals surface area (Å²) in [6.45, 7) is 1.79. The summed E-state index contributed by atoms with van der Waals surface area (Å²) in [4.78, 5) is 24.5. The fourth-order valence-electron chi connectivity index (χ4n) is 2.51. The highest BCUT2D eigenvalue weighted by Gasteiger charge is 2.10. The molecule has 0 unspecified atom stereocenters. The van der Waals surface area contributed by atoms with Crippen molar-refractivity contribution < 1.29 is 4.79 Å². The summed E-state index contributed by atoms with van der Waals surface area (Å²) in [5.41, 5.74) is 5.23. The lowest BCUT2D eigenvalue weighted by atomic mass is 10.2. The zero-order chi connectivity index (χ0) is 19.9. The van der Waals surface area contributed by atoms with Crippen molar-refractivity contribution in [2.24, 2.45) is 5.10 Å². The first-order valence-electron chi connectivity index (χ1n) is 8.56. The molecule has 2 N–H and O–H groups in total. The molecule has 0 bridgehead atoms. The standard InChI is InChI=1S/C20H19BrN4O2S/c1-14-18(20(27)25(24-14)17-5-3-2-4-6-17)11-22-23-19(26)13-28-12-15-7-9-16(21)10-8-15/h2-11,24H,12-13H2,1H3,(H,23,26)/b22-11+. The molecule has 28 heavy (non-hydrogen) atoms. The summed E-state index contributed by atoms with van der Waals surface area (Å²) >= 11 is 4.90. The summed E-state index contributed by atoms with van der Waals surface area (Å²) in [7, 11) is 0. The van der Waals surface area contributed by atoms with Gasteiger partial charge in [-0.15, -0.1) is 11.8 Å². The number of para-hydroxylation sites is 1. The van der Waals surface area contributed by atoms with E-state index in [1.165, 1.54) is 22.7 Å². The topological polar surface area (TPSA) is 79.2 Å². The fraction of sp³-hybridized carbons (Fsp3) is 0.150. The molecule has 0 atom stereocenters. The molecule has 0 saturated carbocycles. The molecule has 0 aliphatic rings. The second-order valence-electron chi connectivity index (χ2n) is 6.04. The van der Waals surface area contributed by atoms with E-state index in [9.17, 15) is 9.59 Å². The average molecular weight is 459 g/mol. The largest absolute Gasteiger partial charge is 0.295 e. The van der Waals surface area contributed by atoms with Gasteiger partial charge in [0.15, 0.2) is 0 Å². The Bertz CT molecular complexity index is 1030. The number of rotatable bonds is 7. The SMILES string of the molecule is Cc1[nH]n(-c2ccccc2)c(=O)c1/C=N/NC(=O)CSCc1ccc(Br)cc1. The number of nitrogens with zero attached hydrogens (tertiary/aromatic N) is 2. The first-order valence-corrected chi connectivity index (χ1v) is 10.5. The molecule has 144 valence electrons. The highest BCUT2D eigenvalue weighted by atomic mass is 79.9. The van der Waals surface area contributed by atoms with Crippen molar-refractivity contribution in [3.63, 3.8) is 0 Å². The van der Waals surface area contributed by atoms with Gasteiger partial charge in [0.2, 0.25) is 5.91 Å². The van der Waals surface area contributed by atoms with Crippen molar-refractivity contribution in [1.29, 1.82) is 0 Å². The van der Waals surface area contributed by atoms with Crippen LogP contribution in [0.3, 0.4) is 0 Å². The van der Waals surface area contributed by atoms with Crippen molar-refractivity contribution in [3.05, 3.63) is 86.2 Å². The third-order valence-electron chi connectivity index (χ3n) is 3.93. The molecule has 8 heteroatoms. The third-order valence-corrected chi connectivity index (χ3v) is 5.46. The number of hydrazone groups is 1. The first-order chi connectivity index (χ1) is 13.5. The van der Waals surface area contributed by atoms with Gasteiger partial charge in [-0.25, -0.2) is 10.1 Å². The van der Waals surface area contributed by atoms with E-state index in [2.05, 4.69) is 31.6 Å². The Kier molecular flexibility index (Phi) is 6.89. The molecule has 3 rings (SSSR count). The highest BCUT2D eigenvalue weighted by molar-refractivity contribution is 9.10. The summed E-state index contributed by atoms with van der Waals surface area (Å²) in [6, 6.07) is 17.3. The van der Waals surface area contributed by atoms with Gasteiger partial charge in [0.05, 0.1) is 23.2 Å². The van der Waals surface area contributed by atoms with Gasteiger partial charge in [0.1, 0.15) is 0 Å². The normalized spacial score (nSPS) is 11.1. The van der Waals surface area contributed by atoms with E-state index >= 15 is 0 Å². The monoisotopic (exact) mass is 458 g/mol. The molecule has 2 aromatic carbocycles. The number of aromatic amines is 1. The van der Waals surface area contributed by atoms with Crippen molar-refractivity contribution in [2.75, 3.05) is 5.75 Å². The van der Waals surface area contributed by atoms with Crippen molar-refractivity contribution >= 4 is 39.8 Å². The van der Waals surface area contributed by atoms with E-state index in [-0.39, 0.29) is 17.2 Å². The minimum absolute atomic E-state index is 0.213. The molecule has 1 heterocycles. The predicted octanol–water partition coefficient (Wildman–Crippen LogP) is 3.62. The zero-order valence-electron chi connectivity index (χ0n) is 15.2. The van der Waals surface area contributed by atoms with Crippen LogP contribution in [-0.4, -0.2) is 27.7 Å². The smallest absolute Gasteiger partial charge is 0.280 e. The van der Waals surface area contributed by atoms with Gasteiger partial charge < -0.3 is 0 Å². The third kappa shape index (κ3) is 5.24.